The molecule has 0 fully saturated rings. The molecule has 2 N–H and O–H groups in total. The average Bonchev–Trinajstić information content (AvgIpc) is 2.99. The van der Waals surface area contributed by atoms with Crippen LogP contribution in [-0.2, 0) is 6.54 Å². The maximum Gasteiger partial charge on any atom is 0.216 e. The molecule has 0 aliphatic rings. The van der Waals surface area contributed by atoms with E-state index < -0.39 is 0 Å². The SMILES string of the molecule is CC(C)c1csc2nnc(-c3cccc(CN)c3)n12. The summed E-state index contributed by atoms with van der Waals surface area (Å²) < 4.78 is 2.14. The molecule has 0 spiro atoms. The van der Waals surface area contributed by atoms with Crippen molar-refractivity contribution in [2.45, 2.75) is 26.3 Å². The Morgan fingerprint density at radius 1 is 1.32 bits per heavy atom. The Balaban J connectivity index is 2.21. The van der Waals surface area contributed by atoms with Crippen LogP contribution in [0.1, 0.15) is 31.0 Å². The summed E-state index contributed by atoms with van der Waals surface area (Å²) in [5.74, 6) is 1.34. The Kier molecular flexibility index (Phi) is 3.08. The van der Waals surface area contributed by atoms with Gasteiger partial charge in [0.05, 0.1) is 0 Å². The van der Waals surface area contributed by atoms with Crippen LogP contribution in [0.4, 0.5) is 0 Å². The van der Waals surface area contributed by atoms with E-state index in [9.17, 15) is 0 Å². The van der Waals surface area contributed by atoms with E-state index in [1.807, 2.05) is 12.1 Å². The zero-order valence-electron chi connectivity index (χ0n) is 11.0. The van der Waals surface area contributed by atoms with Crippen LogP contribution < -0.4 is 5.73 Å². The third-order valence-electron chi connectivity index (χ3n) is 3.19. The number of hydrogen-bond donors (Lipinski definition) is 1. The fourth-order valence-corrected chi connectivity index (χ4v) is 3.15. The minimum atomic E-state index is 0.446. The van der Waals surface area contributed by atoms with Crippen LogP contribution in [-0.4, -0.2) is 14.6 Å². The van der Waals surface area contributed by atoms with Gasteiger partial charge in [-0.2, -0.15) is 0 Å². The largest absolute Gasteiger partial charge is 0.326 e. The predicted molar refractivity (Wildman–Crippen MR) is 78.3 cm³/mol. The second-order valence-electron chi connectivity index (χ2n) is 4.86. The van der Waals surface area contributed by atoms with Crippen molar-refractivity contribution < 1.29 is 0 Å². The molecular formula is C14H16N4S. The maximum atomic E-state index is 5.70. The molecule has 0 aliphatic carbocycles. The fraction of sp³-hybridized carbons (Fsp3) is 0.286. The molecule has 3 rings (SSSR count). The molecule has 98 valence electrons. The number of benzene rings is 1. The zero-order valence-corrected chi connectivity index (χ0v) is 11.8. The second kappa shape index (κ2) is 4.75. The lowest BCUT2D eigenvalue weighted by atomic mass is 10.1. The van der Waals surface area contributed by atoms with Crippen molar-refractivity contribution in [3.8, 4) is 11.4 Å². The summed E-state index contributed by atoms with van der Waals surface area (Å²) in [5.41, 5.74) is 9.12. The molecule has 5 heteroatoms. The number of fused-ring (bicyclic) bond motifs is 1. The monoisotopic (exact) mass is 272 g/mol. The number of hydrogen-bond acceptors (Lipinski definition) is 4. The third kappa shape index (κ3) is 2.05. The van der Waals surface area contributed by atoms with E-state index >= 15 is 0 Å². The fourth-order valence-electron chi connectivity index (χ4n) is 2.16. The smallest absolute Gasteiger partial charge is 0.216 e. The van der Waals surface area contributed by atoms with Gasteiger partial charge in [-0.15, -0.1) is 21.5 Å². The van der Waals surface area contributed by atoms with Gasteiger partial charge in [0.25, 0.3) is 0 Å². The molecule has 2 heterocycles. The van der Waals surface area contributed by atoms with E-state index in [-0.39, 0.29) is 0 Å². The maximum absolute atomic E-state index is 5.70. The molecule has 0 atom stereocenters. The van der Waals surface area contributed by atoms with Crippen LogP contribution in [0.15, 0.2) is 29.6 Å². The highest BCUT2D eigenvalue weighted by molar-refractivity contribution is 7.15. The summed E-state index contributed by atoms with van der Waals surface area (Å²) in [4.78, 5) is 0.942. The van der Waals surface area contributed by atoms with Gasteiger partial charge in [0.2, 0.25) is 4.96 Å². The average molecular weight is 272 g/mol. The van der Waals surface area contributed by atoms with Crippen LogP contribution in [0.2, 0.25) is 0 Å². The quantitative estimate of drug-likeness (QED) is 0.797. The molecule has 0 amide bonds. The molecule has 0 aliphatic heterocycles. The van der Waals surface area contributed by atoms with Crippen molar-refractivity contribution in [1.82, 2.24) is 14.6 Å². The highest BCUT2D eigenvalue weighted by Crippen LogP contribution is 2.28. The summed E-state index contributed by atoms with van der Waals surface area (Å²) >= 11 is 1.63. The Morgan fingerprint density at radius 2 is 2.16 bits per heavy atom. The van der Waals surface area contributed by atoms with Crippen LogP contribution >= 0.6 is 11.3 Å². The first-order valence-corrected chi connectivity index (χ1v) is 7.20. The summed E-state index contributed by atoms with van der Waals surface area (Å²) in [6.07, 6.45) is 0. The second-order valence-corrected chi connectivity index (χ2v) is 5.70. The molecule has 4 nitrogen and oxygen atoms in total. The van der Waals surface area contributed by atoms with Crippen molar-refractivity contribution in [3.05, 3.63) is 40.9 Å². The van der Waals surface area contributed by atoms with Gasteiger partial charge in [-0.25, -0.2) is 0 Å². The lowest BCUT2D eigenvalue weighted by Crippen LogP contribution is -1.99. The Hall–Kier alpha value is -1.72. The van der Waals surface area contributed by atoms with E-state index in [2.05, 4.69) is 46.0 Å². The van der Waals surface area contributed by atoms with Gasteiger partial charge in [-0.1, -0.05) is 32.0 Å². The predicted octanol–water partition coefficient (Wildman–Crippen LogP) is 3.04. The normalized spacial score (nSPS) is 11.6. The van der Waals surface area contributed by atoms with E-state index in [1.54, 1.807) is 11.3 Å². The standard InChI is InChI=1S/C14H16N4S/c1-9(2)12-8-19-14-17-16-13(18(12)14)11-5-3-4-10(6-11)7-15/h3-6,8-9H,7,15H2,1-2H3. The third-order valence-corrected chi connectivity index (χ3v) is 4.02. The summed E-state index contributed by atoms with van der Waals surface area (Å²) in [5, 5.41) is 10.7. The molecule has 0 radical (unpaired) electrons. The molecule has 0 bridgehead atoms. The van der Waals surface area contributed by atoms with Gasteiger partial charge in [0, 0.05) is 23.2 Å². The lowest BCUT2D eigenvalue weighted by molar-refractivity contribution is 0.811. The molecule has 0 saturated carbocycles. The number of aromatic nitrogens is 3. The van der Waals surface area contributed by atoms with Gasteiger partial charge >= 0.3 is 0 Å². The minimum Gasteiger partial charge on any atom is -0.326 e. The molecule has 1 aromatic carbocycles. The number of rotatable bonds is 3. The van der Waals surface area contributed by atoms with Crippen molar-refractivity contribution >= 4 is 16.3 Å². The van der Waals surface area contributed by atoms with Crippen LogP contribution in [0.5, 0.6) is 0 Å². The molecule has 3 aromatic rings. The van der Waals surface area contributed by atoms with Crippen molar-refractivity contribution in [2.75, 3.05) is 0 Å². The van der Waals surface area contributed by atoms with Crippen molar-refractivity contribution in [2.24, 2.45) is 5.73 Å². The minimum absolute atomic E-state index is 0.446. The summed E-state index contributed by atoms with van der Waals surface area (Å²) in [7, 11) is 0. The first-order valence-electron chi connectivity index (χ1n) is 6.32. The molecular weight excluding hydrogens is 256 g/mol. The van der Waals surface area contributed by atoms with Crippen molar-refractivity contribution in [3.63, 3.8) is 0 Å². The first-order chi connectivity index (χ1) is 9.20. The Labute approximate surface area is 115 Å². The highest BCUT2D eigenvalue weighted by atomic mass is 32.1. The highest BCUT2D eigenvalue weighted by Gasteiger charge is 2.15. The molecule has 19 heavy (non-hydrogen) atoms. The van der Waals surface area contributed by atoms with Gasteiger partial charge in [-0.05, 0) is 17.5 Å². The van der Waals surface area contributed by atoms with Gasteiger partial charge in [-0.3, -0.25) is 4.40 Å². The van der Waals surface area contributed by atoms with Gasteiger partial charge in [0.1, 0.15) is 0 Å². The van der Waals surface area contributed by atoms with E-state index in [0.717, 1.165) is 21.9 Å². The summed E-state index contributed by atoms with van der Waals surface area (Å²) in [6, 6.07) is 8.17. The Bertz CT molecular complexity index is 711. The molecule has 0 unspecified atom stereocenters. The molecule has 2 aromatic heterocycles. The number of nitrogens with zero attached hydrogens (tertiary/aromatic N) is 3. The van der Waals surface area contributed by atoms with Gasteiger partial charge in [0.15, 0.2) is 5.82 Å². The number of nitrogens with two attached hydrogens (primary N) is 1. The zero-order chi connectivity index (χ0) is 13.4. The van der Waals surface area contributed by atoms with E-state index in [0.29, 0.717) is 12.5 Å². The van der Waals surface area contributed by atoms with E-state index in [4.69, 9.17) is 5.73 Å². The number of thiazole rings is 1. The van der Waals surface area contributed by atoms with Crippen LogP contribution in [0, 0.1) is 0 Å². The van der Waals surface area contributed by atoms with Crippen molar-refractivity contribution in [1.29, 1.82) is 0 Å². The topological polar surface area (TPSA) is 56.2 Å². The summed E-state index contributed by atoms with van der Waals surface area (Å²) in [6.45, 7) is 4.90. The van der Waals surface area contributed by atoms with Gasteiger partial charge < -0.3 is 5.73 Å². The van der Waals surface area contributed by atoms with E-state index in [1.165, 1.54) is 5.69 Å². The molecule has 0 saturated heterocycles. The van der Waals surface area contributed by atoms with Crippen LogP contribution in [0.25, 0.3) is 16.3 Å². The van der Waals surface area contributed by atoms with Crippen LogP contribution in [0.3, 0.4) is 0 Å². The lowest BCUT2D eigenvalue weighted by Gasteiger charge is -2.06. The first kappa shape index (κ1) is 12.3. The Morgan fingerprint density at radius 3 is 2.89 bits per heavy atom.